The van der Waals surface area contributed by atoms with Gasteiger partial charge in [-0.25, -0.2) is 4.98 Å². The third kappa shape index (κ3) is 8.79. The van der Waals surface area contributed by atoms with Gasteiger partial charge < -0.3 is 5.32 Å². The van der Waals surface area contributed by atoms with Gasteiger partial charge in [-0.15, -0.1) is 0 Å². The van der Waals surface area contributed by atoms with Crippen LogP contribution < -0.4 is 5.32 Å². The highest BCUT2D eigenvalue weighted by atomic mass is 16.1. The topological polar surface area (TPSA) is 42.0 Å². The molecule has 0 aliphatic carbocycles. The molecule has 3 nitrogen and oxygen atoms in total. The maximum absolute atomic E-state index is 11.9. The molecule has 0 aliphatic heterocycles. The molecule has 1 rings (SSSR count). The van der Waals surface area contributed by atoms with Gasteiger partial charge in [0.15, 0.2) is 0 Å². The zero-order valence-corrected chi connectivity index (χ0v) is 14.7. The molecule has 1 aromatic rings. The summed E-state index contributed by atoms with van der Waals surface area (Å²) in [4.78, 5) is 16.0. The summed E-state index contributed by atoms with van der Waals surface area (Å²) < 4.78 is 0. The molecule has 1 heterocycles. The number of anilines is 1. The zero-order valence-electron chi connectivity index (χ0n) is 14.7. The molecular formula is C18H30N2O. The summed E-state index contributed by atoms with van der Waals surface area (Å²) in [5.41, 5.74) is 2.72. The smallest absolute Gasteiger partial charge is 0.252 e. The number of rotatable bonds is 3. The molecule has 0 aliphatic rings. The highest BCUT2D eigenvalue weighted by Gasteiger charge is 2.07. The van der Waals surface area contributed by atoms with Crippen molar-refractivity contribution in [2.45, 2.75) is 55.4 Å². The normalized spacial score (nSPS) is 10.7. The van der Waals surface area contributed by atoms with E-state index in [-0.39, 0.29) is 5.91 Å². The first-order chi connectivity index (χ1) is 10.0. The molecule has 3 heteroatoms. The number of hydrogen-bond acceptors (Lipinski definition) is 2. The second-order valence-corrected chi connectivity index (χ2v) is 3.98. The first kappa shape index (κ1) is 21.4. The van der Waals surface area contributed by atoms with Gasteiger partial charge in [-0.1, -0.05) is 45.9 Å². The van der Waals surface area contributed by atoms with Gasteiger partial charge in [-0.05, 0) is 44.9 Å². The number of pyridine rings is 1. The minimum absolute atomic E-state index is 0.114. The quantitative estimate of drug-likeness (QED) is 0.606. The summed E-state index contributed by atoms with van der Waals surface area (Å²) in [7, 11) is 0. The molecule has 0 atom stereocenters. The Kier molecular flexibility index (Phi) is 13.3. The standard InChI is InChI=1S/C14H18N2O.2C2H6/c1-5-6-11(3)12(4)14(17)16-13-8-7-10(2)9-15-13;2*1-2/h5-9H,1-4H3,(H,15,16,17);2*1-2H3/b6-5-,12-11+;;. The first-order valence-corrected chi connectivity index (χ1v) is 7.58. The number of nitrogens with one attached hydrogen (secondary N) is 1. The van der Waals surface area contributed by atoms with Gasteiger partial charge in [-0.2, -0.15) is 0 Å². The van der Waals surface area contributed by atoms with Crippen molar-refractivity contribution in [3.63, 3.8) is 0 Å². The molecule has 0 bridgehead atoms. The van der Waals surface area contributed by atoms with Crippen LogP contribution >= 0.6 is 0 Å². The van der Waals surface area contributed by atoms with E-state index in [1.807, 2.05) is 66.7 Å². The molecular weight excluding hydrogens is 260 g/mol. The zero-order chi connectivity index (χ0) is 16.8. The highest BCUT2D eigenvalue weighted by molar-refractivity contribution is 6.03. The van der Waals surface area contributed by atoms with Crippen molar-refractivity contribution in [1.82, 2.24) is 4.98 Å². The predicted molar refractivity (Wildman–Crippen MR) is 93.5 cm³/mol. The Hall–Kier alpha value is -1.90. The fourth-order valence-electron chi connectivity index (χ4n) is 1.31. The fraction of sp³-hybridized carbons (Fsp3) is 0.444. The number of nitrogens with zero attached hydrogens (tertiary/aromatic N) is 1. The van der Waals surface area contributed by atoms with E-state index in [1.165, 1.54) is 0 Å². The van der Waals surface area contributed by atoms with Crippen molar-refractivity contribution >= 4 is 11.7 Å². The molecule has 1 aromatic heterocycles. The van der Waals surface area contributed by atoms with Crippen molar-refractivity contribution in [2.24, 2.45) is 0 Å². The monoisotopic (exact) mass is 290 g/mol. The van der Waals surface area contributed by atoms with E-state index in [2.05, 4.69) is 10.3 Å². The number of allylic oxidation sites excluding steroid dienone is 3. The molecule has 21 heavy (non-hydrogen) atoms. The number of amides is 1. The average Bonchev–Trinajstić information content (AvgIpc) is 2.53. The van der Waals surface area contributed by atoms with Gasteiger partial charge in [-0.3, -0.25) is 4.79 Å². The van der Waals surface area contributed by atoms with E-state index < -0.39 is 0 Å². The van der Waals surface area contributed by atoms with Crippen molar-refractivity contribution in [3.8, 4) is 0 Å². The van der Waals surface area contributed by atoms with Crippen LogP contribution in [0.15, 0.2) is 41.6 Å². The van der Waals surface area contributed by atoms with Gasteiger partial charge in [0.2, 0.25) is 0 Å². The number of carbonyl (C=O) groups excluding carboxylic acids is 1. The van der Waals surface area contributed by atoms with Gasteiger partial charge in [0, 0.05) is 11.8 Å². The van der Waals surface area contributed by atoms with E-state index in [0.717, 1.165) is 11.1 Å². The van der Waals surface area contributed by atoms with E-state index in [4.69, 9.17) is 0 Å². The summed E-state index contributed by atoms with van der Waals surface area (Å²) in [5.74, 6) is 0.463. The lowest BCUT2D eigenvalue weighted by atomic mass is 10.1. The van der Waals surface area contributed by atoms with E-state index >= 15 is 0 Å². The minimum atomic E-state index is -0.114. The summed E-state index contributed by atoms with van der Waals surface area (Å²) in [6, 6.07) is 3.71. The van der Waals surface area contributed by atoms with Crippen LogP contribution in [0, 0.1) is 6.92 Å². The Morgan fingerprint density at radius 3 is 2.14 bits per heavy atom. The molecule has 118 valence electrons. The second-order valence-electron chi connectivity index (χ2n) is 3.98. The molecule has 1 amide bonds. The van der Waals surface area contributed by atoms with Crippen LogP contribution in [0.5, 0.6) is 0 Å². The van der Waals surface area contributed by atoms with Crippen LogP contribution in [0.1, 0.15) is 54.0 Å². The van der Waals surface area contributed by atoms with Gasteiger partial charge in [0.05, 0.1) is 0 Å². The van der Waals surface area contributed by atoms with Crippen LogP contribution in [0.25, 0.3) is 0 Å². The summed E-state index contributed by atoms with van der Waals surface area (Å²) in [5, 5.41) is 2.77. The SMILES string of the molecule is C/C=C\C(C)=C(/C)C(=O)Nc1ccc(C)cn1.CC.CC. The maximum Gasteiger partial charge on any atom is 0.252 e. The third-order valence-electron chi connectivity index (χ3n) is 2.50. The minimum Gasteiger partial charge on any atom is -0.307 e. The van der Waals surface area contributed by atoms with Gasteiger partial charge in [0.1, 0.15) is 5.82 Å². The lowest BCUT2D eigenvalue weighted by molar-refractivity contribution is -0.112. The molecule has 1 N–H and O–H groups in total. The third-order valence-corrected chi connectivity index (χ3v) is 2.50. The van der Waals surface area contributed by atoms with Gasteiger partial charge in [0.25, 0.3) is 5.91 Å². The maximum atomic E-state index is 11.9. The Bertz CT molecular complexity index is 457. The van der Waals surface area contributed by atoms with Crippen molar-refractivity contribution in [1.29, 1.82) is 0 Å². The average molecular weight is 290 g/mol. The number of carbonyl (C=O) groups is 1. The van der Waals surface area contributed by atoms with Crippen molar-refractivity contribution in [2.75, 3.05) is 5.32 Å². The summed E-state index contributed by atoms with van der Waals surface area (Å²) in [6.07, 6.45) is 5.56. The molecule has 0 radical (unpaired) electrons. The molecule has 0 saturated heterocycles. The fourth-order valence-corrected chi connectivity index (χ4v) is 1.31. The Morgan fingerprint density at radius 2 is 1.71 bits per heavy atom. The number of aryl methyl sites for hydroxylation is 1. The van der Waals surface area contributed by atoms with Crippen LogP contribution in [-0.2, 0) is 4.79 Å². The summed E-state index contributed by atoms with van der Waals surface area (Å²) in [6.45, 7) is 15.6. The van der Waals surface area contributed by atoms with Crippen molar-refractivity contribution in [3.05, 3.63) is 47.2 Å². The highest BCUT2D eigenvalue weighted by Crippen LogP contribution is 2.09. The molecule has 0 spiro atoms. The van der Waals surface area contributed by atoms with E-state index in [9.17, 15) is 4.79 Å². The number of aromatic nitrogens is 1. The second kappa shape index (κ2) is 13.1. The summed E-state index contributed by atoms with van der Waals surface area (Å²) >= 11 is 0. The predicted octanol–water partition coefficient (Wildman–Crippen LogP) is 5.29. The van der Waals surface area contributed by atoms with Gasteiger partial charge >= 0.3 is 0 Å². The first-order valence-electron chi connectivity index (χ1n) is 7.58. The van der Waals surface area contributed by atoms with E-state index in [0.29, 0.717) is 11.4 Å². The van der Waals surface area contributed by atoms with Crippen LogP contribution in [0.3, 0.4) is 0 Å². The largest absolute Gasteiger partial charge is 0.307 e. The van der Waals surface area contributed by atoms with Crippen LogP contribution in [-0.4, -0.2) is 10.9 Å². The molecule has 0 saturated carbocycles. The van der Waals surface area contributed by atoms with Crippen molar-refractivity contribution < 1.29 is 4.79 Å². The lowest BCUT2D eigenvalue weighted by Gasteiger charge is -2.06. The van der Waals surface area contributed by atoms with Crippen LogP contribution in [0.4, 0.5) is 5.82 Å². The van der Waals surface area contributed by atoms with E-state index in [1.54, 1.807) is 19.2 Å². The Balaban J connectivity index is 0. The number of hydrogen-bond donors (Lipinski definition) is 1. The molecule has 0 aromatic carbocycles. The van der Waals surface area contributed by atoms with Crippen LogP contribution in [0.2, 0.25) is 0 Å². The molecule has 0 unspecified atom stereocenters. The Labute approximate surface area is 130 Å². The lowest BCUT2D eigenvalue weighted by Crippen LogP contribution is -2.14. The Morgan fingerprint density at radius 1 is 1.14 bits per heavy atom. The molecule has 0 fully saturated rings.